The number of hydrogen-bond donors (Lipinski definition) is 2. The lowest BCUT2D eigenvalue weighted by Crippen LogP contribution is -2.46. The van der Waals surface area contributed by atoms with Crippen LogP contribution in [0.4, 0.5) is 13.2 Å². The molecule has 1 aliphatic rings. The van der Waals surface area contributed by atoms with Crippen molar-refractivity contribution in [3.63, 3.8) is 0 Å². The Morgan fingerprint density at radius 2 is 2.00 bits per heavy atom. The van der Waals surface area contributed by atoms with E-state index >= 15 is 0 Å². The molecule has 0 unspecified atom stereocenters. The average molecular weight is 329 g/mol. The molecule has 2 rings (SSSR count). The van der Waals surface area contributed by atoms with Crippen LogP contribution in [0.2, 0.25) is 0 Å². The second kappa shape index (κ2) is 5.01. The predicted molar refractivity (Wildman–Crippen MR) is 63.8 cm³/mol. The van der Waals surface area contributed by atoms with Crippen molar-refractivity contribution in [1.82, 2.24) is 4.72 Å². The lowest BCUT2D eigenvalue weighted by atomic mass is 9.81. The van der Waals surface area contributed by atoms with Crippen molar-refractivity contribution in [2.45, 2.75) is 30.0 Å². The van der Waals surface area contributed by atoms with E-state index in [1.807, 2.05) is 0 Å². The summed E-state index contributed by atoms with van der Waals surface area (Å²) in [5.41, 5.74) is 0. The van der Waals surface area contributed by atoms with Crippen LogP contribution in [0.15, 0.2) is 16.3 Å². The zero-order chi connectivity index (χ0) is 15.1. The number of thiophene rings is 1. The van der Waals surface area contributed by atoms with E-state index in [4.69, 9.17) is 5.11 Å². The summed E-state index contributed by atoms with van der Waals surface area (Å²) in [7, 11) is -4.04. The molecule has 0 amide bonds. The van der Waals surface area contributed by atoms with Gasteiger partial charge in [-0.25, -0.2) is 13.1 Å². The number of sulfonamides is 1. The highest BCUT2D eigenvalue weighted by Crippen LogP contribution is 2.36. The number of rotatable bonds is 4. The van der Waals surface area contributed by atoms with E-state index in [0.717, 1.165) is 5.38 Å². The molecular formula is C10H10F3NO4S2. The molecule has 1 heterocycles. The quantitative estimate of drug-likeness (QED) is 0.884. The lowest BCUT2D eigenvalue weighted by Gasteiger charge is -2.32. The molecule has 1 aromatic rings. The van der Waals surface area contributed by atoms with Crippen LogP contribution >= 0.6 is 11.3 Å². The maximum absolute atomic E-state index is 12.4. The van der Waals surface area contributed by atoms with Gasteiger partial charge >= 0.3 is 12.1 Å². The Bertz CT molecular complexity index is 617. The normalized spacial score (nSPS) is 23.4. The van der Waals surface area contributed by atoms with Crippen molar-refractivity contribution >= 4 is 27.3 Å². The molecule has 112 valence electrons. The first-order valence-electron chi connectivity index (χ1n) is 5.50. The molecule has 1 saturated carbocycles. The topological polar surface area (TPSA) is 83.5 Å². The smallest absolute Gasteiger partial charge is 0.425 e. The molecule has 0 atom stereocenters. The highest BCUT2D eigenvalue weighted by Gasteiger charge is 2.38. The molecule has 1 fully saturated rings. The largest absolute Gasteiger partial charge is 0.481 e. The molecule has 20 heavy (non-hydrogen) atoms. The molecule has 0 aromatic carbocycles. The fraction of sp³-hybridized carbons (Fsp3) is 0.500. The van der Waals surface area contributed by atoms with Gasteiger partial charge in [-0.1, -0.05) is 0 Å². The molecule has 1 aromatic heterocycles. The van der Waals surface area contributed by atoms with E-state index in [2.05, 4.69) is 4.72 Å². The minimum Gasteiger partial charge on any atom is -0.481 e. The number of nitrogens with one attached hydrogen (secondary N) is 1. The van der Waals surface area contributed by atoms with Gasteiger partial charge in [-0.05, 0) is 18.9 Å². The van der Waals surface area contributed by atoms with Gasteiger partial charge in [0.05, 0.1) is 10.8 Å². The van der Waals surface area contributed by atoms with Crippen LogP contribution in [0.3, 0.4) is 0 Å². The molecule has 0 saturated heterocycles. The Balaban J connectivity index is 2.05. The van der Waals surface area contributed by atoms with Crippen molar-refractivity contribution in [3.05, 3.63) is 16.3 Å². The van der Waals surface area contributed by atoms with Crippen LogP contribution in [0, 0.1) is 5.92 Å². The Morgan fingerprint density at radius 1 is 1.40 bits per heavy atom. The third-order valence-corrected chi connectivity index (χ3v) is 5.60. The van der Waals surface area contributed by atoms with Gasteiger partial charge < -0.3 is 5.11 Å². The third-order valence-electron chi connectivity index (χ3n) is 2.97. The molecule has 2 N–H and O–H groups in total. The van der Waals surface area contributed by atoms with Gasteiger partial charge in [-0.15, -0.1) is 11.3 Å². The number of hydrogen-bond acceptors (Lipinski definition) is 4. The summed E-state index contributed by atoms with van der Waals surface area (Å²) in [6.45, 7) is 0. The molecule has 0 aliphatic heterocycles. The molecule has 1 aliphatic carbocycles. The van der Waals surface area contributed by atoms with Crippen LogP contribution in [0.5, 0.6) is 0 Å². The molecule has 0 radical (unpaired) electrons. The number of carbonyl (C=O) groups is 1. The predicted octanol–water partition coefficient (Wildman–Crippen LogP) is 1.91. The zero-order valence-corrected chi connectivity index (χ0v) is 11.5. The highest BCUT2D eigenvalue weighted by molar-refractivity contribution is 7.89. The Morgan fingerprint density at radius 3 is 2.45 bits per heavy atom. The maximum Gasteiger partial charge on any atom is 0.425 e. The van der Waals surface area contributed by atoms with Crippen molar-refractivity contribution in [3.8, 4) is 0 Å². The highest BCUT2D eigenvalue weighted by atomic mass is 32.2. The SMILES string of the molecule is O=C(O)C1CC(NS(=O)(=O)c2csc(C(F)(F)F)c2)C1. The van der Waals surface area contributed by atoms with Crippen LogP contribution in [-0.2, 0) is 21.0 Å². The number of alkyl halides is 3. The van der Waals surface area contributed by atoms with Gasteiger partial charge in [0.25, 0.3) is 0 Å². The molecular weight excluding hydrogens is 319 g/mol. The number of carboxylic acids is 1. The van der Waals surface area contributed by atoms with E-state index < -0.39 is 43.9 Å². The molecule has 5 nitrogen and oxygen atoms in total. The van der Waals surface area contributed by atoms with Crippen LogP contribution < -0.4 is 4.72 Å². The number of halogens is 3. The minimum absolute atomic E-state index is 0.144. The van der Waals surface area contributed by atoms with Crippen molar-refractivity contribution < 1.29 is 31.5 Å². The first kappa shape index (κ1) is 15.3. The summed E-state index contributed by atoms with van der Waals surface area (Å²) in [6.07, 6.45) is -4.29. The second-order valence-electron chi connectivity index (χ2n) is 4.47. The van der Waals surface area contributed by atoms with Gasteiger partial charge in [0.1, 0.15) is 4.88 Å². The molecule has 10 heteroatoms. The monoisotopic (exact) mass is 329 g/mol. The fourth-order valence-electron chi connectivity index (χ4n) is 1.81. The maximum atomic E-state index is 12.4. The Labute approximate surface area is 116 Å². The summed E-state index contributed by atoms with van der Waals surface area (Å²) in [5, 5.41) is 9.57. The molecule has 0 spiro atoms. The lowest BCUT2D eigenvalue weighted by molar-refractivity contribution is -0.145. The van der Waals surface area contributed by atoms with E-state index in [-0.39, 0.29) is 12.8 Å². The fourth-order valence-corrected chi connectivity index (χ4v) is 4.22. The van der Waals surface area contributed by atoms with Gasteiger partial charge in [0, 0.05) is 11.4 Å². The van der Waals surface area contributed by atoms with Gasteiger partial charge in [-0.2, -0.15) is 13.2 Å². The summed E-state index contributed by atoms with van der Waals surface area (Å²) in [4.78, 5) is 9.13. The number of carboxylic acid groups (broad SMARTS) is 1. The summed E-state index contributed by atoms with van der Waals surface area (Å²) in [5.74, 6) is -1.61. The second-order valence-corrected chi connectivity index (χ2v) is 7.09. The Kier molecular flexibility index (Phi) is 3.82. The van der Waals surface area contributed by atoms with Crippen molar-refractivity contribution in [2.24, 2.45) is 5.92 Å². The van der Waals surface area contributed by atoms with Gasteiger partial charge in [0.2, 0.25) is 10.0 Å². The first-order chi connectivity index (χ1) is 9.09. The summed E-state index contributed by atoms with van der Waals surface area (Å²) >= 11 is 0.303. The average Bonchev–Trinajstić information content (AvgIpc) is 2.71. The van der Waals surface area contributed by atoms with Crippen LogP contribution in [-0.4, -0.2) is 25.5 Å². The van der Waals surface area contributed by atoms with Crippen molar-refractivity contribution in [2.75, 3.05) is 0 Å². The van der Waals surface area contributed by atoms with Crippen LogP contribution in [0.25, 0.3) is 0 Å². The third kappa shape index (κ3) is 3.13. The standard InChI is InChI=1S/C10H10F3NO4S2/c11-10(12,13)8-3-7(4-19-8)20(17,18)14-6-1-5(2-6)9(15)16/h3-6,14H,1-2H2,(H,15,16). The molecule has 0 bridgehead atoms. The van der Waals surface area contributed by atoms with E-state index in [9.17, 15) is 26.4 Å². The van der Waals surface area contributed by atoms with Gasteiger partial charge in [-0.3, -0.25) is 4.79 Å². The van der Waals surface area contributed by atoms with E-state index in [1.54, 1.807) is 0 Å². The van der Waals surface area contributed by atoms with Crippen molar-refractivity contribution in [1.29, 1.82) is 0 Å². The summed E-state index contributed by atoms with van der Waals surface area (Å²) < 4.78 is 63.1. The van der Waals surface area contributed by atoms with E-state index in [0.29, 0.717) is 17.4 Å². The first-order valence-corrected chi connectivity index (χ1v) is 7.87. The minimum atomic E-state index is -4.58. The number of aliphatic carboxylic acids is 1. The summed E-state index contributed by atoms with van der Waals surface area (Å²) in [6, 6.07) is 0.0238. The Hall–Kier alpha value is -1.13. The van der Waals surface area contributed by atoms with E-state index in [1.165, 1.54) is 0 Å². The van der Waals surface area contributed by atoms with Crippen LogP contribution in [0.1, 0.15) is 17.7 Å². The van der Waals surface area contributed by atoms with Gasteiger partial charge in [0.15, 0.2) is 0 Å². The zero-order valence-electron chi connectivity index (χ0n) is 9.85.